The molecule has 1 rings (SSSR count). The second-order valence-electron chi connectivity index (χ2n) is 2.23. The molecule has 0 aliphatic carbocycles. The zero-order chi connectivity index (χ0) is 10.6. The highest BCUT2D eigenvalue weighted by Crippen LogP contribution is 2.06. The lowest BCUT2D eigenvalue weighted by Crippen LogP contribution is -2.06. The number of halogens is 1. The van der Waals surface area contributed by atoms with Crippen molar-refractivity contribution in [3.8, 4) is 0 Å². The van der Waals surface area contributed by atoms with Crippen molar-refractivity contribution in [1.82, 2.24) is 0 Å². The Labute approximate surface area is 83.3 Å². The van der Waals surface area contributed by atoms with Crippen LogP contribution in [-0.4, -0.2) is 12.2 Å². The predicted octanol–water partition coefficient (Wildman–Crippen LogP) is 1.39. The summed E-state index contributed by atoms with van der Waals surface area (Å²) in [5, 5.41) is 0. The van der Waals surface area contributed by atoms with Gasteiger partial charge in [0.15, 0.2) is 24.2 Å². The fourth-order valence-electron chi connectivity index (χ4n) is 0.717. The third kappa shape index (κ3) is 2.81. The number of alkyl halides is 1. The molecule has 0 atom stereocenters. The topological polar surface area (TPSA) is 78.9 Å². The predicted molar refractivity (Wildman–Crippen MR) is 44.0 cm³/mol. The van der Waals surface area contributed by atoms with E-state index in [9.17, 15) is 9.59 Å². The van der Waals surface area contributed by atoms with Crippen molar-refractivity contribution in [1.29, 1.82) is 0 Å². The number of ether oxygens (including phenoxy) is 2. The second kappa shape index (κ2) is 4.71. The van der Waals surface area contributed by atoms with E-state index in [0.717, 1.165) is 0 Å². The fraction of sp³-hybridized carbons (Fsp3) is 0.429. The number of hydrogen-bond acceptors (Lipinski definition) is 6. The van der Waals surface area contributed by atoms with E-state index in [4.69, 9.17) is 11.6 Å². The van der Waals surface area contributed by atoms with E-state index < -0.39 is 12.0 Å². The molecule has 1 aromatic rings. The monoisotopic (exact) mass is 222 g/mol. The van der Waals surface area contributed by atoms with Crippen LogP contribution in [0.1, 0.15) is 11.5 Å². The van der Waals surface area contributed by atoms with Crippen molar-refractivity contribution >= 4 is 17.8 Å². The third-order valence-corrected chi connectivity index (χ3v) is 1.44. The van der Waals surface area contributed by atoms with Crippen LogP contribution < -0.4 is 5.82 Å². The van der Waals surface area contributed by atoms with Gasteiger partial charge >= 0.3 is 12.0 Å². The van der Waals surface area contributed by atoms with Crippen LogP contribution in [0.2, 0.25) is 0 Å². The number of aryl methyl sites for hydroxylation is 1. The average Bonchev–Trinajstić information content (AvgIpc) is 2.42. The van der Waals surface area contributed by atoms with Gasteiger partial charge in [-0.3, -0.25) is 0 Å². The lowest BCUT2D eigenvalue weighted by Gasteiger charge is -2.00. The molecule has 0 spiro atoms. The molecule has 0 radical (unpaired) electrons. The van der Waals surface area contributed by atoms with Crippen LogP contribution >= 0.6 is 11.6 Å². The Kier molecular flexibility index (Phi) is 3.58. The Morgan fingerprint density at radius 3 is 2.64 bits per heavy atom. The molecule has 0 unspecified atom stereocenters. The minimum atomic E-state index is -0.941. The number of carbonyl (C=O) groups is 1. The molecule has 0 bridgehead atoms. The molecule has 14 heavy (non-hydrogen) atoms. The average molecular weight is 223 g/mol. The standard InChI is InChI=1S/C7H7ClO6/c1-4-5(14-7(10)13-4)2-11-6(9)12-3-8/h2-3H2,1H3. The minimum Gasteiger partial charge on any atom is -0.426 e. The Hall–Kier alpha value is -1.43. The van der Waals surface area contributed by atoms with Crippen molar-refractivity contribution in [2.24, 2.45) is 0 Å². The highest BCUT2D eigenvalue weighted by Gasteiger charge is 2.11. The minimum absolute atomic E-state index is 0.140. The molecule has 0 N–H and O–H groups in total. The van der Waals surface area contributed by atoms with E-state index in [1.807, 2.05) is 0 Å². The van der Waals surface area contributed by atoms with E-state index in [1.165, 1.54) is 6.92 Å². The summed E-state index contributed by atoms with van der Waals surface area (Å²) in [7, 11) is 0. The van der Waals surface area contributed by atoms with Crippen LogP contribution in [0.25, 0.3) is 0 Å². The molecule has 1 aromatic heterocycles. The van der Waals surface area contributed by atoms with Crippen LogP contribution in [0.4, 0.5) is 4.79 Å². The van der Waals surface area contributed by atoms with E-state index in [0.29, 0.717) is 0 Å². The molecule has 0 aliphatic heterocycles. The number of carbonyl (C=O) groups excluding carboxylic acids is 1. The third-order valence-electron chi connectivity index (χ3n) is 1.33. The van der Waals surface area contributed by atoms with Gasteiger partial charge in [0, 0.05) is 0 Å². The summed E-state index contributed by atoms with van der Waals surface area (Å²) in [5.74, 6) is -0.443. The van der Waals surface area contributed by atoms with Gasteiger partial charge in [0.25, 0.3) is 0 Å². The molecule has 78 valence electrons. The van der Waals surface area contributed by atoms with Crippen molar-refractivity contribution < 1.29 is 23.1 Å². The van der Waals surface area contributed by atoms with Crippen LogP contribution in [0.5, 0.6) is 0 Å². The van der Waals surface area contributed by atoms with Crippen LogP contribution in [0.15, 0.2) is 13.6 Å². The molecule has 0 fully saturated rings. The highest BCUT2D eigenvalue weighted by molar-refractivity contribution is 6.17. The fourth-order valence-corrected chi connectivity index (χ4v) is 0.806. The van der Waals surface area contributed by atoms with Crippen LogP contribution in [0.3, 0.4) is 0 Å². The summed E-state index contributed by atoms with van der Waals surface area (Å²) in [4.78, 5) is 21.2. The van der Waals surface area contributed by atoms with Gasteiger partial charge in [0.2, 0.25) is 0 Å². The maximum Gasteiger partial charge on any atom is 0.519 e. The van der Waals surface area contributed by atoms with Crippen LogP contribution in [-0.2, 0) is 16.1 Å². The van der Waals surface area contributed by atoms with Crippen molar-refractivity contribution in [3.05, 3.63) is 22.1 Å². The first-order valence-electron chi connectivity index (χ1n) is 3.58. The summed E-state index contributed by atoms with van der Waals surface area (Å²) < 4.78 is 17.9. The first-order chi connectivity index (χ1) is 6.63. The van der Waals surface area contributed by atoms with Crippen molar-refractivity contribution in [2.45, 2.75) is 13.5 Å². The second-order valence-corrected chi connectivity index (χ2v) is 2.44. The number of rotatable bonds is 3. The first kappa shape index (κ1) is 10.6. The zero-order valence-electron chi connectivity index (χ0n) is 7.24. The Morgan fingerprint density at radius 1 is 1.43 bits per heavy atom. The van der Waals surface area contributed by atoms with E-state index in [-0.39, 0.29) is 24.2 Å². The SMILES string of the molecule is Cc1oc(=O)oc1COC(=O)OCCl. The van der Waals surface area contributed by atoms with E-state index in [1.54, 1.807) is 0 Å². The van der Waals surface area contributed by atoms with Gasteiger partial charge in [-0.15, -0.1) is 0 Å². The molecule has 1 heterocycles. The molecule has 0 saturated carbocycles. The zero-order valence-corrected chi connectivity index (χ0v) is 8.00. The largest absolute Gasteiger partial charge is 0.519 e. The van der Waals surface area contributed by atoms with Crippen molar-refractivity contribution in [2.75, 3.05) is 6.07 Å². The van der Waals surface area contributed by atoms with Gasteiger partial charge in [-0.1, -0.05) is 11.6 Å². The van der Waals surface area contributed by atoms with Gasteiger partial charge in [0.05, 0.1) is 0 Å². The maximum absolute atomic E-state index is 10.7. The maximum atomic E-state index is 10.7. The van der Waals surface area contributed by atoms with Gasteiger partial charge in [-0.05, 0) is 6.92 Å². The van der Waals surface area contributed by atoms with E-state index in [2.05, 4.69) is 18.3 Å². The smallest absolute Gasteiger partial charge is 0.426 e. The van der Waals surface area contributed by atoms with Crippen molar-refractivity contribution in [3.63, 3.8) is 0 Å². The molecular formula is C7H7ClO6. The molecule has 0 saturated heterocycles. The summed E-state index contributed by atoms with van der Waals surface area (Å²) in [6.07, 6.45) is -0.941. The Balaban J connectivity index is 2.49. The van der Waals surface area contributed by atoms with Gasteiger partial charge in [-0.2, -0.15) is 0 Å². The first-order valence-corrected chi connectivity index (χ1v) is 4.12. The van der Waals surface area contributed by atoms with E-state index >= 15 is 0 Å². The lowest BCUT2D eigenvalue weighted by atomic mass is 10.4. The molecule has 0 amide bonds. The molecule has 0 aromatic carbocycles. The van der Waals surface area contributed by atoms with Crippen LogP contribution in [0, 0.1) is 6.92 Å². The Morgan fingerprint density at radius 2 is 2.14 bits per heavy atom. The quantitative estimate of drug-likeness (QED) is 0.568. The molecule has 6 nitrogen and oxygen atoms in total. The summed E-state index contributed by atoms with van der Waals surface area (Å²) in [5.41, 5.74) is 0. The molecule has 0 aliphatic rings. The molecular weight excluding hydrogens is 216 g/mol. The van der Waals surface area contributed by atoms with Gasteiger partial charge in [-0.25, -0.2) is 9.59 Å². The van der Waals surface area contributed by atoms with Gasteiger partial charge < -0.3 is 18.3 Å². The summed E-state index contributed by atoms with van der Waals surface area (Å²) in [6.45, 7) is 1.28. The normalized spacial score (nSPS) is 9.86. The number of hydrogen-bond donors (Lipinski definition) is 0. The summed E-state index contributed by atoms with van der Waals surface area (Å²) in [6, 6.07) is -0.298. The highest BCUT2D eigenvalue weighted by atomic mass is 35.5. The molecule has 7 heteroatoms. The summed E-state index contributed by atoms with van der Waals surface area (Å²) >= 11 is 5.10. The Bertz CT molecular complexity index is 365. The lowest BCUT2D eigenvalue weighted by molar-refractivity contribution is 0.0565. The van der Waals surface area contributed by atoms with Gasteiger partial charge in [0.1, 0.15) is 0 Å².